The van der Waals surface area contributed by atoms with E-state index in [1.165, 1.54) is 37.7 Å². The normalized spacial score (nSPS) is 21.5. The number of rotatable bonds is 12. The van der Waals surface area contributed by atoms with Crippen molar-refractivity contribution in [2.75, 3.05) is 39.5 Å². The molecule has 33 heavy (non-hydrogen) atoms. The standard InChI is InChI=1S/C27H45N3O3/c1-2-32-17-10-18-33-26(23-13-7-4-8-14-23)24-15-9-16-30(21-24)27(31)29-25(20-28)19-22-11-5-3-6-12-22/h4,7-8,13-14,22,24-26H,2-3,5-6,9-12,15-21,28H2,1H3,(H,29,31)/t24-,25?,26+/m1/s1. The summed E-state index contributed by atoms with van der Waals surface area (Å²) in [7, 11) is 0. The van der Waals surface area contributed by atoms with Crippen LogP contribution < -0.4 is 11.1 Å². The van der Waals surface area contributed by atoms with E-state index in [0.29, 0.717) is 19.1 Å². The highest BCUT2D eigenvalue weighted by atomic mass is 16.5. The number of benzene rings is 1. The molecule has 0 spiro atoms. The molecule has 1 aliphatic heterocycles. The van der Waals surface area contributed by atoms with Crippen LogP contribution in [0.4, 0.5) is 4.79 Å². The van der Waals surface area contributed by atoms with Gasteiger partial charge < -0.3 is 25.4 Å². The van der Waals surface area contributed by atoms with E-state index in [2.05, 4.69) is 29.6 Å². The Labute approximate surface area is 200 Å². The Kier molecular flexibility index (Phi) is 11.5. The number of piperidine rings is 1. The first-order valence-electron chi connectivity index (χ1n) is 13.2. The van der Waals surface area contributed by atoms with Crippen molar-refractivity contribution in [3.05, 3.63) is 35.9 Å². The molecule has 2 aliphatic rings. The lowest BCUT2D eigenvalue weighted by Crippen LogP contribution is -2.51. The third-order valence-corrected chi connectivity index (χ3v) is 7.19. The second kappa shape index (κ2) is 14.6. The van der Waals surface area contributed by atoms with Crippen LogP contribution in [0.5, 0.6) is 0 Å². The van der Waals surface area contributed by atoms with Gasteiger partial charge in [0.1, 0.15) is 0 Å². The van der Waals surface area contributed by atoms with Crippen LogP contribution in [0.2, 0.25) is 0 Å². The molecule has 6 heteroatoms. The van der Waals surface area contributed by atoms with Gasteiger partial charge in [-0.3, -0.25) is 0 Å². The van der Waals surface area contributed by atoms with E-state index in [9.17, 15) is 4.79 Å². The third-order valence-electron chi connectivity index (χ3n) is 7.19. The zero-order valence-corrected chi connectivity index (χ0v) is 20.6. The minimum atomic E-state index is -0.00373. The molecular formula is C27H45N3O3. The molecule has 3 atom stereocenters. The van der Waals surface area contributed by atoms with Crippen LogP contribution in [0.25, 0.3) is 0 Å². The maximum Gasteiger partial charge on any atom is 0.317 e. The monoisotopic (exact) mass is 459 g/mol. The number of carbonyl (C=O) groups excluding carboxylic acids is 1. The second-order valence-corrected chi connectivity index (χ2v) is 9.72. The van der Waals surface area contributed by atoms with Gasteiger partial charge in [0.25, 0.3) is 0 Å². The van der Waals surface area contributed by atoms with Gasteiger partial charge in [0, 0.05) is 51.4 Å². The minimum Gasteiger partial charge on any atom is -0.382 e. The predicted octanol–water partition coefficient (Wildman–Crippen LogP) is 4.89. The van der Waals surface area contributed by atoms with Gasteiger partial charge in [-0.05, 0) is 44.1 Å². The van der Waals surface area contributed by atoms with Crippen molar-refractivity contribution in [3.8, 4) is 0 Å². The Hall–Kier alpha value is -1.63. The van der Waals surface area contributed by atoms with E-state index >= 15 is 0 Å². The number of ether oxygens (including phenoxy) is 2. The number of hydrogen-bond donors (Lipinski definition) is 2. The van der Waals surface area contributed by atoms with E-state index in [0.717, 1.165) is 52.0 Å². The third kappa shape index (κ3) is 8.58. The Morgan fingerprint density at radius 1 is 1.12 bits per heavy atom. The van der Waals surface area contributed by atoms with Crippen molar-refractivity contribution in [3.63, 3.8) is 0 Å². The molecule has 1 aromatic carbocycles. The number of nitrogens with two attached hydrogens (primary N) is 1. The van der Waals surface area contributed by atoms with Gasteiger partial charge in [-0.25, -0.2) is 4.79 Å². The van der Waals surface area contributed by atoms with E-state index in [4.69, 9.17) is 15.2 Å². The van der Waals surface area contributed by atoms with Crippen molar-refractivity contribution < 1.29 is 14.3 Å². The summed E-state index contributed by atoms with van der Waals surface area (Å²) < 4.78 is 11.9. The first-order chi connectivity index (χ1) is 16.2. The molecule has 6 nitrogen and oxygen atoms in total. The number of nitrogens with zero attached hydrogens (tertiary/aromatic N) is 1. The molecule has 0 bridgehead atoms. The van der Waals surface area contributed by atoms with Crippen molar-refractivity contribution in [1.29, 1.82) is 0 Å². The number of carbonyl (C=O) groups is 1. The fourth-order valence-electron chi connectivity index (χ4n) is 5.41. The van der Waals surface area contributed by atoms with E-state index in [1.54, 1.807) is 0 Å². The maximum absolute atomic E-state index is 13.1. The Morgan fingerprint density at radius 3 is 2.64 bits per heavy atom. The summed E-state index contributed by atoms with van der Waals surface area (Å²) in [5.41, 5.74) is 7.24. The van der Waals surface area contributed by atoms with Crippen LogP contribution in [0, 0.1) is 11.8 Å². The first-order valence-corrected chi connectivity index (χ1v) is 13.2. The fraction of sp³-hybridized carbons (Fsp3) is 0.741. The van der Waals surface area contributed by atoms with Crippen LogP contribution >= 0.6 is 0 Å². The summed E-state index contributed by atoms with van der Waals surface area (Å²) in [5.74, 6) is 0.989. The zero-order valence-electron chi connectivity index (χ0n) is 20.6. The lowest BCUT2D eigenvalue weighted by Gasteiger charge is -2.38. The summed E-state index contributed by atoms with van der Waals surface area (Å²) in [4.78, 5) is 15.1. The summed E-state index contributed by atoms with van der Waals surface area (Å²) >= 11 is 0. The van der Waals surface area contributed by atoms with Gasteiger partial charge in [-0.1, -0.05) is 62.4 Å². The molecule has 1 aliphatic carbocycles. The smallest absolute Gasteiger partial charge is 0.317 e. The van der Waals surface area contributed by atoms with Gasteiger partial charge in [-0.2, -0.15) is 0 Å². The zero-order chi connectivity index (χ0) is 23.3. The highest BCUT2D eigenvalue weighted by Gasteiger charge is 2.32. The minimum absolute atomic E-state index is 0.00373. The predicted molar refractivity (Wildman–Crippen MR) is 133 cm³/mol. The highest BCUT2D eigenvalue weighted by Crippen LogP contribution is 2.33. The summed E-state index contributed by atoms with van der Waals surface area (Å²) in [6.45, 7) is 6.16. The van der Waals surface area contributed by atoms with Crippen LogP contribution in [0.15, 0.2) is 30.3 Å². The van der Waals surface area contributed by atoms with Crippen molar-refractivity contribution >= 4 is 6.03 Å². The second-order valence-electron chi connectivity index (χ2n) is 9.72. The molecule has 1 saturated carbocycles. The first kappa shape index (κ1) is 26.0. The molecule has 0 aromatic heterocycles. The van der Waals surface area contributed by atoms with Gasteiger partial charge in [0.15, 0.2) is 0 Å². The molecule has 2 fully saturated rings. The van der Waals surface area contributed by atoms with E-state index in [-0.39, 0.29) is 24.1 Å². The SMILES string of the molecule is CCOCCCO[C@@H](c1ccccc1)[C@@H]1CCCN(C(=O)NC(CN)CC2CCCCC2)C1. The maximum atomic E-state index is 13.1. The lowest BCUT2D eigenvalue weighted by atomic mass is 9.85. The summed E-state index contributed by atoms with van der Waals surface area (Å²) in [6, 6.07) is 10.6. The molecule has 3 N–H and O–H groups in total. The largest absolute Gasteiger partial charge is 0.382 e. The lowest BCUT2D eigenvalue weighted by molar-refractivity contribution is -0.0184. The highest BCUT2D eigenvalue weighted by molar-refractivity contribution is 5.74. The number of hydrogen-bond acceptors (Lipinski definition) is 4. The number of urea groups is 1. The van der Waals surface area contributed by atoms with Crippen LogP contribution in [-0.2, 0) is 9.47 Å². The quantitative estimate of drug-likeness (QED) is 0.436. The van der Waals surface area contributed by atoms with Crippen molar-refractivity contribution in [2.45, 2.75) is 76.9 Å². The Balaban J connectivity index is 1.56. The molecular weight excluding hydrogens is 414 g/mol. The van der Waals surface area contributed by atoms with E-state index in [1.807, 2.05) is 17.9 Å². The molecule has 0 radical (unpaired) electrons. The molecule has 3 rings (SSSR count). The van der Waals surface area contributed by atoms with Crippen molar-refractivity contribution in [2.24, 2.45) is 17.6 Å². The van der Waals surface area contributed by atoms with Gasteiger partial charge in [-0.15, -0.1) is 0 Å². The number of nitrogens with one attached hydrogen (secondary N) is 1. The Bertz CT molecular complexity index is 666. The van der Waals surface area contributed by atoms with Crippen LogP contribution in [-0.4, -0.2) is 56.4 Å². The molecule has 1 aromatic rings. The van der Waals surface area contributed by atoms with Crippen LogP contribution in [0.3, 0.4) is 0 Å². The summed E-state index contributed by atoms with van der Waals surface area (Å²) in [5, 5.41) is 3.25. The summed E-state index contributed by atoms with van der Waals surface area (Å²) in [6.07, 6.45) is 10.5. The molecule has 1 unspecified atom stereocenters. The van der Waals surface area contributed by atoms with Gasteiger partial charge >= 0.3 is 6.03 Å². The topological polar surface area (TPSA) is 76.8 Å². The van der Waals surface area contributed by atoms with Gasteiger partial charge in [0.2, 0.25) is 0 Å². The van der Waals surface area contributed by atoms with Crippen molar-refractivity contribution in [1.82, 2.24) is 10.2 Å². The molecule has 1 heterocycles. The average molecular weight is 460 g/mol. The number of amides is 2. The molecule has 1 saturated heterocycles. The van der Waals surface area contributed by atoms with Crippen LogP contribution in [0.1, 0.15) is 76.4 Å². The van der Waals surface area contributed by atoms with E-state index < -0.39 is 0 Å². The molecule has 186 valence electrons. The van der Waals surface area contributed by atoms with Gasteiger partial charge in [0.05, 0.1) is 6.10 Å². The fourth-order valence-corrected chi connectivity index (χ4v) is 5.41. The molecule has 2 amide bonds. The number of likely N-dealkylation sites (tertiary alicyclic amines) is 1. The Morgan fingerprint density at radius 2 is 1.91 bits per heavy atom. The average Bonchev–Trinajstić information content (AvgIpc) is 2.87.